The molecule has 0 spiro atoms. The normalized spacial score (nSPS) is 14.8. The van der Waals surface area contributed by atoms with Crippen molar-refractivity contribution in [3.8, 4) is 0 Å². The van der Waals surface area contributed by atoms with Crippen molar-refractivity contribution >= 4 is 35.8 Å². The zero-order chi connectivity index (χ0) is 25.7. The second-order valence-corrected chi connectivity index (χ2v) is 6.84. The molecule has 0 aromatic rings. The third kappa shape index (κ3) is 12.2. The summed E-state index contributed by atoms with van der Waals surface area (Å²) < 4.78 is 31.1. The molecule has 0 fully saturated rings. The topological polar surface area (TPSA) is 158 Å². The van der Waals surface area contributed by atoms with E-state index in [9.17, 15) is 28.8 Å². The highest BCUT2D eigenvalue weighted by atomic mass is 16.6. The van der Waals surface area contributed by atoms with E-state index in [0.717, 1.165) is 41.5 Å². The predicted octanol–water partition coefficient (Wildman–Crippen LogP) is 0.784. The maximum atomic E-state index is 11.9. The van der Waals surface area contributed by atoms with Crippen molar-refractivity contribution in [2.24, 2.45) is 0 Å². The molecule has 33 heavy (non-hydrogen) atoms. The third-order valence-corrected chi connectivity index (χ3v) is 3.77. The van der Waals surface area contributed by atoms with Crippen molar-refractivity contribution in [3.05, 3.63) is 12.7 Å². The highest BCUT2D eigenvalue weighted by Gasteiger charge is 2.47. The molecule has 0 saturated heterocycles. The predicted molar refractivity (Wildman–Crippen MR) is 109 cm³/mol. The van der Waals surface area contributed by atoms with Gasteiger partial charge in [0, 0.05) is 48.0 Å². The monoisotopic (exact) mass is 474 g/mol. The van der Waals surface area contributed by atoms with Crippen LogP contribution in [0.3, 0.4) is 0 Å². The van der Waals surface area contributed by atoms with E-state index >= 15 is 0 Å². The molecule has 0 aliphatic carbocycles. The van der Waals surface area contributed by atoms with Crippen LogP contribution >= 0.6 is 0 Å². The Kier molecular flexibility index (Phi) is 13.1. The van der Waals surface area contributed by atoms with Crippen LogP contribution in [0.5, 0.6) is 0 Å². The van der Waals surface area contributed by atoms with Crippen molar-refractivity contribution in [3.63, 3.8) is 0 Å². The van der Waals surface area contributed by atoms with E-state index in [4.69, 9.17) is 28.4 Å². The van der Waals surface area contributed by atoms with Crippen LogP contribution in [-0.4, -0.2) is 72.9 Å². The van der Waals surface area contributed by atoms with Gasteiger partial charge in [0.15, 0.2) is 24.4 Å². The minimum Gasteiger partial charge on any atom is -0.462 e. The van der Waals surface area contributed by atoms with E-state index in [0.29, 0.717) is 0 Å². The van der Waals surface area contributed by atoms with Crippen LogP contribution in [0.4, 0.5) is 0 Å². The van der Waals surface area contributed by atoms with E-state index in [-0.39, 0.29) is 6.42 Å². The largest absolute Gasteiger partial charge is 0.462 e. The van der Waals surface area contributed by atoms with Crippen molar-refractivity contribution in [2.45, 2.75) is 78.5 Å². The lowest BCUT2D eigenvalue weighted by Gasteiger charge is -2.37. The second-order valence-electron chi connectivity index (χ2n) is 6.84. The van der Waals surface area contributed by atoms with Gasteiger partial charge < -0.3 is 28.4 Å². The Morgan fingerprint density at radius 1 is 0.576 bits per heavy atom. The van der Waals surface area contributed by atoms with Gasteiger partial charge in [-0.2, -0.15) is 0 Å². The van der Waals surface area contributed by atoms with Gasteiger partial charge in [-0.15, -0.1) is 6.58 Å². The molecule has 0 amide bonds. The zero-order valence-corrected chi connectivity index (χ0v) is 19.5. The third-order valence-electron chi connectivity index (χ3n) is 3.77. The summed E-state index contributed by atoms with van der Waals surface area (Å²) in [6, 6.07) is 0. The Morgan fingerprint density at radius 3 is 1.30 bits per heavy atom. The fourth-order valence-electron chi connectivity index (χ4n) is 2.84. The summed E-state index contributed by atoms with van der Waals surface area (Å²) in [6.07, 6.45) is -6.17. The number of carbonyl (C=O) groups excluding carboxylic acids is 6. The van der Waals surface area contributed by atoms with Gasteiger partial charge >= 0.3 is 35.8 Å². The fraction of sp³-hybridized carbons (Fsp3) is 0.619. The number of hydrogen-bond acceptors (Lipinski definition) is 12. The molecule has 0 aliphatic rings. The molecule has 0 saturated carbocycles. The first-order valence-corrected chi connectivity index (χ1v) is 9.88. The Morgan fingerprint density at radius 2 is 0.939 bits per heavy atom. The maximum Gasteiger partial charge on any atom is 0.303 e. The Hall–Kier alpha value is -3.44. The summed E-state index contributed by atoms with van der Waals surface area (Å²) in [5.74, 6) is -4.93. The molecule has 12 heteroatoms. The Balaban J connectivity index is 6.66. The molecule has 0 aromatic heterocycles. The van der Waals surface area contributed by atoms with Crippen LogP contribution in [0.1, 0.15) is 48.0 Å². The first kappa shape index (κ1) is 29.6. The summed E-state index contributed by atoms with van der Waals surface area (Å²) in [6.45, 7) is 9.34. The van der Waals surface area contributed by atoms with Crippen LogP contribution in [0, 0.1) is 0 Å². The van der Waals surface area contributed by atoms with Gasteiger partial charge in [-0.25, -0.2) is 0 Å². The average molecular weight is 474 g/mol. The highest BCUT2D eigenvalue weighted by molar-refractivity contribution is 5.70. The quantitative estimate of drug-likeness (QED) is 0.210. The van der Waals surface area contributed by atoms with E-state index in [1.807, 2.05) is 0 Å². The molecule has 0 bridgehead atoms. The lowest BCUT2D eigenvalue weighted by Crippen LogP contribution is -2.56. The van der Waals surface area contributed by atoms with Crippen LogP contribution in [0.2, 0.25) is 0 Å². The molecule has 0 rings (SSSR count). The van der Waals surface area contributed by atoms with E-state index in [1.54, 1.807) is 0 Å². The lowest BCUT2D eigenvalue weighted by atomic mass is 9.96. The molecule has 186 valence electrons. The van der Waals surface area contributed by atoms with Crippen molar-refractivity contribution in [1.82, 2.24) is 0 Å². The van der Waals surface area contributed by atoms with Gasteiger partial charge in [0.25, 0.3) is 0 Å². The van der Waals surface area contributed by atoms with Crippen molar-refractivity contribution in [2.75, 3.05) is 6.61 Å². The molecule has 12 nitrogen and oxygen atoms in total. The number of ether oxygens (including phenoxy) is 6. The lowest BCUT2D eigenvalue weighted by molar-refractivity contribution is -0.213. The summed E-state index contributed by atoms with van der Waals surface area (Å²) in [5, 5.41) is 0. The first-order chi connectivity index (χ1) is 15.3. The number of rotatable bonds is 13. The summed E-state index contributed by atoms with van der Waals surface area (Å²) in [4.78, 5) is 70.3. The SMILES string of the molecule is C=CC[C@H](OC(C)=O)[C@@H](OC(C)=O)[C@@H](OC(C)=O)[C@H](OC(C)=O)[C@@H](COC(C)=O)OC(C)=O. The van der Waals surface area contributed by atoms with E-state index in [2.05, 4.69) is 6.58 Å². The van der Waals surface area contributed by atoms with Crippen molar-refractivity contribution in [1.29, 1.82) is 0 Å². The number of hydrogen-bond donors (Lipinski definition) is 0. The number of carbonyl (C=O) groups is 6. The standard InChI is InChI=1S/C21H30O12/c1-8-9-17(29-12(3)23)19(31-14(5)25)21(33-16(7)27)20(32-15(6)26)18(30-13(4)24)10-28-11(2)22/h8,17-21H,1,9-10H2,2-7H3/t17-,18+,19+,20+,21+/m0/s1. The minimum atomic E-state index is -1.64. The first-order valence-electron chi connectivity index (χ1n) is 9.88. The van der Waals surface area contributed by atoms with E-state index < -0.39 is 72.9 Å². The van der Waals surface area contributed by atoms with Crippen LogP contribution in [0.15, 0.2) is 12.7 Å². The molecular weight excluding hydrogens is 444 g/mol. The molecule has 5 atom stereocenters. The summed E-state index contributed by atoms with van der Waals surface area (Å²) in [7, 11) is 0. The molecule has 0 radical (unpaired) electrons. The van der Waals surface area contributed by atoms with Gasteiger partial charge in [0.1, 0.15) is 12.7 Å². The molecule has 0 unspecified atom stereocenters. The molecule has 0 heterocycles. The second kappa shape index (κ2) is 14.6. The Labute approximate surface area is 191 Å². The van der Waals surface area contributed by atoms with Gasteiger partial charge in [-0.05, 0) is 0 Å². The summed E-state index contributed by atoms with van der Waals surface area (Å²) in [5.41, 5.74) is 0. The smallest absolute Gasteiger partial charge is 0.303 e. The average Bonchev–Trinajstić information content (AvgIpc) is 2.64. The maximum absolute atomic E-state index is 11.9. The molecule has 0 N–H and O–H groups in total. The highest BCUT2D eigenvalue weighted by Crippen LogP contribution is 2.25. The van der Waals surface area contributed by atoms with Gasteiger partial charge in [0.05, 0.1) is 0 Å². The van der Waals surface area contributed by atoms with Crippen LogP contribution in [-0.2, 0) is 57.2 Å². The molecule has 0 aliphatic heterocycles. The van der Waals surface area contributed by atoms with Gasteiger partial charge in [0.2, 0.25) is 0 Å². The minimum absolute atomic E-state index is 0.0513. The van der Waals surface area contributed by atoms with E-state index in [1.165, 1.54) is 6.08 Å². The zero-order valence-electron chi connectivity index (χ0n) is 19.5. The van der Waals surface area contributed by atoms with Crippen LogP contribution < -0.4 is 0 Å². The van der Waals surface area contributed by atoms with Crippen LogP contribution in [0.25, 0.3) is 0 Å². The van der Waals surface area contributed by atoms with Gasteiger partial charge in [-0.1, -0.05) is 6.08 Å². The molecular formula is C21H30O12. The summed E-state index contributed by atoms with van der Waals surface area (Å²) >= 11 is 0. The van der Waals surface area contributed by atoms with Gasteiger partial charge in [-0.3, -0.25) is 28.8 Å². The van der Waals surface area contributed by atoms with Crippen molar-refractivity contribution < 1.29 is 57.2 Å². The molecule has 0 aromatic carbocycles. The number of esters is 6. The fourth-order valence-corrected chi connectivity index (χ4v) is 2.84. The Bertz CT molecular complexity index is 744.